The standard InChI is InChI=1S/C15H22N4O2S/c1-4-5-11-6-14(20)18(7-11)8-12-10(2)16-15-19(12)17-13(22-15)9-21-3/h11H,4-9H2,1-3H3/t11-/m0/s1. The first kappa shape index (κ1) is 15.4. The topological polar surface area (TPSA) is 59.7 Å². The average Bonchev–Trinajstić information content (AvgIpc) is 3.08. The molecule has 0 bridgehead atoms. The number of imidazole rings is 1. The molecule has 0 aliphatic carbocycles. The Labute approximate surface area is 134 Å². The lowest BCUT2D eigenvalue weighted by Crippen LogP contribution is -2.25. The third-order valence-electron chi connectivity index (χ3n) is 4.14. The van der Waals surface area contributed by atoms with Gasteiger partial charge in [-0.1, -0.05) is 24.7 Å². The van der Waals surface area contributed by atoms with E-state index in [4.69, 9.17) is 4.74 Å². The molecule has 120 valence electrons. The maximum absolute atomic E-state index is 12.2. The molecule has 0 radical (unpaired) electrons. The van der Waals surface area contributed by atoms with Crippen LogP contribution in [0.3, 0.4) is 0 Å². The van der Waals surface area contributed by atoms with E-state index in [0.717, 1.165) is 40.7 Å². The van der Waals surface area contributed by atoms with Crippen molar-refractivity contribution in [2.75, 3.05) is 13.7 Å². The number of methoxy groups -OCH3 is 1. The molecule has 3 heterocycles. The molecule has 1 saturated heterocycles. The second-order valence-corrected chi connectivity index (χ2v) is 6.94. The average molecular weight is 322 g/mol. The fourth-order valence-electron chi connectivity index (χ4n) is 3.08. The number of rotatable bonds is 6. The van der Waals surface area contributed by atoms with Gasteiger partial charge in [-0.3, -0.25) is 4.79 Å². The van der Waals surface area contributed by atoms with E-state index >= 15 is 0 Å². The van der Waals surface area contributed by atoms with E-state index in [2.05, 4.69) is 17.0 Å². The van der Waals surface area contributed by atoms with Crippen molar-refractivity contribution in [1.82, 2.24) is 19.5 Å². The van der Waals surface area contributed by atoms with E-state index in [1.807, 2.05) is 16.3 Å². The molecule has 0 N–H and O–H groups in total. The number of aryl methyl sites for hydroxylation is 1. The van der Waals surface area contributed by atoms with E-state index in [1.165, 1.54) is 11.3 Å². The first-order valence-electron chi connectivity index (χ1n) is 7.73. The third kappa shape index (κ3) is 2.87. The van der Waals surface area contributed by atoms with Gasteiger partial charge in [-0.05, 0) is 19.3 Å². The molecular formula is C15H22N4O2S. The van der Waals surface area contributed by atoms with E-state index < -0.39 is 0 Å². The molecule has 2 aromatic rings. The molecule has 1 amide bonds. The van der Waals surface area contributed by atoms with Crippen LogP contribution < -0.4 is 0 Å². The van der Waals surface area contributed by atoms with Crippen molar-refractivity contribution in [1.29, 1.82) is 0 Å². The Morgan fingerprint density at radius 3 is 3.00 bits per heavy atom. The lowest BCUT2D eigenvalue weighted by atomic mass is 10.0. The van der Waals surface area contributed by atoms with Crippen LogP contribution in [0.15, 0.2) is 0 Å². The van der Waals surface area contributed by atoms with Crippen LogP contribution in [0, 0.1) is 12.8 Å². The Kier molecular flexibility index (Phi) is 4.44. The summed E-state index contributed by atoms with van der Waals surface area (Å²) >= 11 is 1.54. The third-order valence-corrected chi connectivity index (χ3v) is 5.02. The van der Waals surface area contributed by atoms with Crippen molar-refractivity contribution >= 4 is 22.2 Å². The van der Waals surface area contributed by atoms with Crippen LogP contribution in [0.25, 0.3) is 4.96 Å². The van der Waals surface area contributed by atoms with E-state index in [1.54, 1.807) is 7.11 Å². The number of nitrogens with zero attached hydrogens (tertiary/aromatic N) is 4. The lowest BCUT2D eigenvalue weighted by molar-refractivity contribution is -0.128. The molecule has 22 heavy (non-hydrogen) atoms. The van der Waals surface area contributed by atoms with Crippen molar-refractivity contribution in [2.24, 2.45) is 5.92 Å². The summed E-state index contributed by atoms with van der Waals surface area (Å²) in [5, 5.41) is 5.46. The van der Waals surface area contributed by atoms with E-state index in [9.17, 15) is 4.79 Å². The minimum atomic E-state index is 0.250. The highest BCUT2D eigenvalue weighted by Gasteiger charge is 2.30. The first-order valence-corrected chi connectivity index (χ1v) is 8.54. The fourth-order valence-corrected chi connectivity index (χ4v) is 4.01. The SMILES string of the molecule is CCC[C@H]1CC(=O)N(Cc2c(C)nc3sc(COC)nn23)C1. The Bertz CT molecular complexity index is 678. The maximum Gasteiger partial charge on any atom is 0.223 e. The van der Waals surface area contributed by atoms with Gasteiger partial charge in [-0.15, -0.1) is 0 Å². The molecule has 0 saturated carbocycles. The van der Waals surface area contributed by atoms with Crippen LogP contribution in [-0.4, -0.2) is 39.1 Å². The molecule has 6 nitrogen and oxygen atoms in total. The minimum Gasteiger partial charge on any atom is -0.377 e. The summed E-state index contributed by atoms with van der Waals surface area (Å²) < 4.78 is 7.00. The van der Waals surface area contributed by atoms with Crippen LogP contribution >= 0.6 is 11.3 Å². The molecule has 1 aliphatic heterocycles. The number of ether oxygens (including phenoxy) is 1. The fraction of sp³-hybridized carbons (Fsp3) is 0.667. The van der Waals surface area contributed by atoms with Gasteiger partial charge < -0.3 is 9.64 Å². The predicted molar refractivity (Wildman–Crippen MR) is 84.7 cm³/mol. The van der Waals surface area contributed by atoms with E-state index in [-0.39, 0.29) is 5.91 Å². The van der Waals surface area contributed by atoms with Crippen LogP contribution in [0.1, 0.15) is 42.6 Å². The van der Waals surface area contributed by atoms with Gasteiger partial charge in [0.25, 0.3) is 0 Å². The number of aromatic nitrogens is 3. The van der Waals surface area contributed by atoms with Gasteiger partial charge in [0.15, 0.2) is 0 Å². The van der Waals surface area contributed by atoms with E-state index in [0.29, 0.717) is 25.5 Å². The number of carbonyl (C=O) groups excluding carboxylic acids is 1. The van der Waals surface area contributed by atoms with Crippen molar-refractivity contribution in [3.63, 3.8) is 0 Å². The minimum absolute atomic E-state index is 0.250. The highest BCUT2D eigenvalue weighted by atomic mass is 32.1. The summed E-state index contributed by atoms with van der Waals surface area (Å²) in [6.45, 7) is 6.10. The molecule has 3 rings (SSSR count). The molecule has 0 unspecified atom stereocenters. The summed E-state index contributed by atoms with van der Waals surface area (Å²) in [5.74, 6) is 0.751. The molecule has 0 spiro atoms. The molecule has 1 aliphatic rings. The quantitative estimate of drug-likeness (QED) is 0.819. The number of carbonyl (C=O) groups is 1. The second kappa shape index (κ2) is 6.34. The van der Waals surface area contributed by atoms with Crippen molar-refractivity contribution in [3.8, 4) is 0 Å². The summed E-state index contributed by atoms with van der Waals surface area (Å²) in [6, 6.07) is 0. The second-order valence-electron chi connectivity index (χ2n) is 5.90. The largest absolute Gasteiger partial charge is 0.377 e. The van der Waals surface area contributed by atoms with Gasteiger partial charge in [-0.2, -0.15) is 5.10 Å². The van der Waals surface area contributed by atoms with Gasteiger partial charge in [-0.25, -0.2) is 9.50 Å². The Morgan fingerprint density at radius 1 is 1.45 bits per heavy atom. The van der Waals surface area contributed by atoms with Crippen LogP contribution in [0.5, 0.6) is 0 Å². The van der Waals surface area contributed by atoms with Gasteiger partial charge in [0.05, 0.1) is 24.5 Å². The van der Waals surface area contributed by atoms with Crippen LogP contribution in [0.4, 0.5) is 0 Å². The van der Waals surface area contributed by atoms with Crippen molar-refractivity contribution in [2.45, 2.75) is 46.3 Å². The van der Waals surface area contributed by atoms with Crippen molar-refractivity contribution < 1.29 is 9.53 Å². The van der Waals surface area contributed by atoms with Gasteiger partial charge in [0, 0.05) is 20.1 Å². The van der Waals surface area contributed by atoms with Gasteiger partial charge >= 0.3 is 0 Å². The lowest BCUT2D eigenvalue weighted by Gasteiger charge is -2.16. The highest BCUT2D eigenvalue weighted by molar-refractivity contribution is 7.16. The van der Waals surface area contributed by atoms with Crippen molar-refractivity contribution in [3.05, 3.63) is 16.4 Å². The summed E-state index contributed by atoms with van der Waals surface area (Å²) in [4.78, 5) is 19.6. The first-order chi connectivity index (χ1) is 10.6. The summed E-state index contributed by atoms with van der Waals surface area (Å²) in [5.41, 5.74) is 1.97. The summed E-state index contributed by atoms with van der Waals surface area (Å²) in [6.07, 6.45) is 2.94. The molecule has 0 aromatic carbocycles. The Hall–Kier alpha value is -1.47. The molecule has 2 aromatic heterocycles. The van der Waals surface area contributed by atoms with Crippen LogP contribution in [-0.2, 0) is 22.7 Å². The highest BCUT2D eigenvalue weighted by Crippen LogP contribution is 2.26. The number of hydrogen-bond acceptors (Lipinski definition) is 5. The van der Waals surface area contributed by atoms with Gasteiger partial charge in [0.2, 0.25) is 10.9 Å². The number of amides is 1. The Balaban J connectivity index is 1.81. The predicted octanol–water partition coefficient (Wildman–Crippen LogP) is 2.39. The van der Waals surface area contributed by atoms with Gasteiger partial charge in [0.1, 0.15) is 5.01 Å². The number of fused-ring (bicyclic) bond motifs is 1. The zero-order valence-electron chi connectivity index (χ0n) is 13.3. The molecular weight excluding hydrogens is 300 g/mol. The number of likely N-dealkylation sites (tertiary alicyclic amines) is 1. The molecule has 7 heteroatoms. The van der Waals surface area contributed by atoms with Crippen LogP contribution in [0.2, 0.25) is 0 Å². The monoisotopic (exact) mass is 322 g/mol. The summed E-state index contributed by atoms with van der Waals surface area (Å²) in [7, 11) is 1.66. The maximum atomic E-state index is 12.2. The Morgan fingerprint density at radius 2 is 2.27 bits per heavy atom. The molecule has 1 atom stereocenters. The normalized spacial score (nSPS) is 18.8. The zero-order chi connectivity index (χ0) is 15.7. The number of hydrogen-bond donors (Lipinski definition) is 0. The molecule has 1 fully saturated rings. The smallest absolute Gasteiger partial charge is 0.223 e. The zero-order valence-corrected chi connectivity index (χ0v) is 14.2.